The molecule has 0 bridgehead atoms. The highest BCUT2D eigenvalue weighted by Gasteiger charge is 2.15. The number of rotatable bonds is 7. The second kappa shape index (κ2) is 8.39. The van der Waals surface area contributed by atoms with E-state index in [1.165, 1.54) is 0 Å². The Hall–Kier alpha value is -0.730. The fourth-order valence-corrected chi connectivity index (χ4v) is 2.14. The lowest BCUT2D eigenvalue weighted by Gasteiger charge is -2.23. The molecule has 0 rings (SSSR count). The number of carbonyl (C=O) groups excluding carboxylic acids is 1. The molecule has 3 atom stereocenters. The molecule has 0 radical (unpaired) electrons. The van der Waals surface area contributed by atoms with E-state index in [2.05, 4.69) is 59.1 Å². The maximum atomic E-state index is 11.8. The van der Waals surface area contributed by atoms with Gasteiger partial charge in [0.15, 0.2) is 0 Å². The van der Waals surface area contributed by atoms with Crippen molar-refractivity contribution in [2.75, 3.05) is 0 Å². The van der Waals surface area contributed by atoms with Crippen molar-refractivity contribution < 1.29 is 4.79 Å². The molecule has 0 aromatic heterocycles. The summed E-state index contributed by atoms with van der Waals surface area (Å²) in [5.41, 5.74) is 0. The topological polar surface area (TPSA) is 41.1 Å². The van der Waals surface area contributed by atoms with Crippen molar-refractivity contribution >= 4 is 6.03 Å². The molecule has 0 aliphatic heterocycles. The molecule has 0 spiro atoms. The first-order valence-corrected chi connectivity index (χ1v) is 7.29. The van der Waals surface area contributed by atoms with E-state index >= 15 is 0 Å². The van der Waals surface area contributed by atoms with Gasteiger partial charge in [-0.1, -0.05) is 34.6 Å². The van der Waals surface area contributed by atoms with Crippen molar-refractivity contribution in [3.8, 4) is 0 Å². The van der Waals surface area contributed by atoms with Crippen LogP contribution >= 0.6 is 0 Å². The highest BCUT2D eigenvalue weighted by molar-refractivity contribution is 5.74. The van der Waals surface area contributed by atoms with Gasteiger partial charge < -0.3 is 10.6 Å². The quantitative estimate of drug-likeness (QED) is 0.715. The van der Waals surface area contributed by atoms with Gasteiger partial charge in [-0.3, -0.25) is 0 Å². The molecule has 0 saturated heterocycles. The summed E-state index contributed by atoms with van der Waals surface area (Å²) in [5, 5.41) is 6.01. The predicted octanol–water partition coefficient (Wildman–Crippen LogP) is 3.79. The number of urea groups is 1. The minimum atomic E-state index is -0.0355. The number of hydrogen-bond donors (Lipinski definition) is 2. The Labute approximate surface area is 113 Å². The summed E-state index contributed by atoms with van der Waals surface area (Å²) in [6, 6.07) is 0.431. The van der Waals surface area contributed by atoms with Crippen molar-refractivity contribution in [1.82, 2.24) is 10.6 Å². The Balaban J connectivity index is 3.93. The van der Waals surface area contributed by atoms with Gasteiger partial charge in [-0.15, -0.1) is 0 Å². The SMILES string of the molecule is CC(C)CC(C)NC(=O)NC(C)CC(C)C(C)C. The summed E-state index contributed by atoms with van der Waals surface area (Å²) in [7, 11) is 0. The van der Waals surface area contributed by atoms with Crippen LogP contribution in [0.1, 0.15) is 61.3 Å². The molecule has 2 N–H and O–H groups in total. The molecule has 2 amide bonds. The van der Waals surface area contributed by atoms with Gasteiger partial charge in [0.1, 0.15) is 0 Å². The van der Waals surface area contributed by atoms with Crippen molar-refractivity contribution in [2.45, 2.75) is 73.4 Å². The van der Waals surface area contributed by atoms with Crippen LogP contribution in [0.2, 0.25) is 0 Å². The zero-order chi connectivity index (χ0) is 14.3. The van der Waals surface area contributed by atoms with E-state index in [1.807, 2.05) is 0 Å². The Bertz CT molecular complexity index is 239. The summed E-state index contributed by atoms with van der Waals surface area (Å²) in [6.07, 6.45) is 2.05. The molecule has 0 aromatic carbocycles. The molecule has 0 aliphatic carbocycles. The average Bonchev–Trinajstić information content (AvgIpc) is 2.14. The van der Waals surface area contributed by atoms with Gasteiger partial charge in [0.2, 0.25) is 0 Å². The summed E-state index contributed by atoms with van der Waals surface area (Å²) >= 11 is 0. The Morgan fingerprint density at radius 3 is 1.67 bits per heavy atom. The number of hydrogen-bond acceptors (Lipinski definition) is 1. The monoisotopic (exact) mass is 256 g/mol. The predicted molar refractivity (Wildman–Crippen MR) is 78.7 cm³/mol. The minimum absolute atomic E-state index is 0.0355. The smallest absolute Gasteiger partial charge is 0.315 e. The Morgan fingerprint density at radius 1 is 0.833 bits per heavy atom. The first-order chi connectivity index (χ1) is 8.22. The van der Waals surface area contributed by atoms with Gasteiger partial charge in [-0.25, -0.2) is 4.79 Å². The molecule has 3 heteroatoms. The van der Waals surface area contributed by atoms with E-state index in [-0.39, 0.29) is 18.1 Å². The fraction of sp³-hybridized carbons (Fsp3) is 0.933. The Morgan fingerprint density at radius 2 is 1.28 bits per heavy atom. The third-order valence-electron chi connectivity index (χ3n) is 3.44. The van der Waals surface area contributed by atoms with Crippen LogP contribution in [0.5, 0.6) is 0 Å². The van der Waals surface area contributed by atoms with E-state index in [9.17, 15) is 4.79 Å². The second-order valence-corrected chi connectivity index (χ2v) is 6.51. The normalized spacial score (nSPS) is 16.5. The lowest BCUT2D eigenvalue weighted by Crippen LogP contribution is -2.45. The fourth-order valence-electron chi connectivity index (χ4n) is 2.14. The molecular formula is C15H32N2O. The van der Waals surface area contributed by atoms with Crippen LogP contribution in [0, 0.1) is 17.8 Å². The molecular weight excluding hydrogens is 224 g/mol. The molecule has 3 nitrogen and oxygen atoms in total. The first-order valence-electron chi connectivity index (χ1n) is 7.29. The zero-order valence-corrected chi connectivity index (χ0v) is 13.2. The van der Waals surface area contributed by atoms with Crippen LogP contribution in [0.4, 0.5) is 4.79 Å². The molecule has 0 saturated carbocycles. The van der Waals surface area contributed by atoms with Crippen LogP contribution in [0.25, 0.3) is 0 Å². The van der Waals surface area contributed by atoms with E-state index in [4.69, 9.17) is 0 Å². The lowest BCUT2D eigenvalue weighted by molar-refractivity contribution is 0.229. The maximum absolute atomic E-state index is 11.8. The number of carbonyl (C=O) groups is 1. The highest BCUT2D eigenvalue weighted by atomic mass is 16.2. The van der Waals surface area contributed by atoms with Crippen molar-refractivity contribution in [3.63, 3.8) is 0 Å². The number of nitrogens with one attached hydrogen (secondary N) is 2. The molecule has 0 aromatic rings. The van der Waals surface area contributed by atoms with Gasteiger partial charge in [0.25, 0.3) is 0 Å². The van der Waals surface area contributed by atoms with Crippen LogP contribution in [-0.4, -0.2) is 18.1 Å². The maximum Gasteiger partial charge on any atom is 0.315 e. The van der Waals surface area contributed by atoms with Gasteiger partial charge in [-0.05, 0) is 44.4 Å². The van der Waals surface area contributed by atoms with Gasteiger partial charge >= 0.3 is 6.03 Å². The van der Waals surface area contributed by atoms with E-state index in [0.29, 0.717) is 17.8 Å². The number of amides is 2. The minimum Gasteiger partial charge on any atom is -0.336 e. The van der Waals surface area contributed by atoms with Gasteiger partial charge in [-0.2, -0.15) is 0 Å². The largest absolute Gasteiger partial charge is 0.336 e. The lowest BCUT2D eigenvalue weighted by atomic mass is 9.92. The van der Waals surface area contributed by atoms with Crippen molar-refractivity contribution in [3.05, 3.63) is 0 Å². The van der Waals surface area contributed by atoms with E-state index < -0.39 is 0 Å². The van der Waals surface area contributed by atoms with E-state index in [0.717, 1.165) is 12.8 Å². The van der Waals surface area contributed by atoms with E-state index in [1.54, 1.807) is 0 Å². The summed E-state index contributed by atoms with van der Waals surface area (Å²) in [4.78, 5) is 11.8. The van der Waals surface area contributed by atoms with Crippen molar-refractivity contribution in [1.29, 1.82) is 0 Å². The molecule has 0 fully saturated rings. The third-order valence-corrected chi connectivity index (χ3v) is 3.44. The summed E-state index contributed by atoms with van der Waals surface area (Å²) in [6.45, 7) is 15.2. The molecule has 0 heterocycles. The molecule has 18 heavy (non-hydrogen) atoms. The standard InChI is InChI=1S/C15H32N2O/c1-10(2)8-13(6)16-15(18)17-14(7)9-12(5)11(3)4/h10-14H,8-9H2,1-7H3,(H2,16,17,18). The summed E-state index contributed by atoms with van der Waals surface area (Å²) in [5.74, 6) is 1.91. The van der Waals surface area contributed by atoms with Crippen LogP contribution < -0.4 is 10.6 Å². The van der Waals surface area contributed by atoms with Crippen molar-refractivity contribution in [2.24, 2.45) is 17.8 Å². The first kappa shape index (κ1) is 17.3. The van der Waals surface area contributed by atoms with Gasteiger partial charge in [0.05, 0.1) is 0 Å². The summed E-state index contributed by atoms with van der Waals surface area (Å²) < 4.78 is 0. The zero-order valence-electron chi connectivity index (χ0n) is 13.2. The molecule has 0 aliphatic rings. The average molecular weight is 256 g/mol. The second-order valence-electron chi connectivity index (χ2n) is 6.51. The van der Waals surface area contributed by atoms with Crippen LogP contribution in [-0.2, 0) is 0 Å². The van der Waals surface area contributed by atoms with Crippen LogP contribution in [0.15, 0.2) is 0 Å². The Kier molecular flexibility index (Phi) is 8.05. The highest BCUT2D eigenvalue weighted by Crippen LogP contribution is 2.15. The van der Waals surface area contributed by atoms with Gasteiger partial charge in [0, 0.05) is 12.1 Å². The van der Waals surface area contributed by atoms with Crippen LogP contribution in [0.3, 0.4) is 0 Å². The molecule has 3 unspecified atom stereocenters. The molecule has 108 valence electrons. The third kappa shape index (κ3) is 8.37.